The standard InChI is InChI=1S/C14H9BrN6OS2/c1-7-4-5-16-13-18-11(20-21(7)13)12(22)19-14-17-8(6-23-14)9-2-3-10(15)24-9/h2-6H,1H3,(H,17,19,22). The molecule has 0 bridgehead atoms. The van der Waals surface area contributed by atoms with Gasteiger partial charge in [-0.25, -0.2) is 14.5 Å². The molecule has 0 saturated carbocycles. The van der Waals surface area contributed by atoms with Crippen LogP contribution in [0.15, 0.2) is 33.6 Å². The van der Waals surface area contributed by atoms with Crippen LogP contribution in [0.4, 0.5) is 5.13 Å². The molecule has 1 amide bonds. The topological polar surface area (TPSA) is 85.1 Å². The molecule has 0 saturated heterocycles. The number of anilines is 1. The largest absolute Gasteiger partial charge is 0.297 e. The van der Waals surface area contributed by atoms with Crippen molar-refractivity contribution < 1.29 is 4.79 Å². The van der Waals surface area contributed by atoms with Crippen molar-refractivity contribution in [2.45, 2.75) is 6.92 Å². The summed E-state index contributed by atoms with van der Waals surface area (Å²) in [6.07, 6.45) is 1.63. The number of hydrogen-bond acceptors (Lipinski definition) is 7. The summed E-state index contributed by atoms with van der Waals surface area (Å²) >= 11 is 6.37. The van der Waals surface area contributed by atoms with E-state index in [2.05, 4.69) is 41.3 Å². The molecule has 7 nitrogen and oxygen atoms in total. The highest BCUT2D eigenvalue weighted by atomic mass is 79.9. The predicted octanol–water partition coefficient (Wildman–Crippen LogP) is 3.63. The first-order valence-electron chi connectivity index (χ1n) is 6.81. The van der Waals surface area contributed by atoms with Gasteiger partial charge in [0, 0.05) is 17.3 Å². The summed E-state index contributed by atoms with van der Waals surface area (Å²) in [5.41, 5.74) is 1.68. The van der Waals surface area contributed by atoms with Crippen LogP contribution in [0.2, 0.25) is 0 Å². The molecule has 0 fully saturated rings. The van der Waals surface area contributed by atoms with Crippen LogP contribution >= 0.6 is 38.6 Å². The van der Waals surface area contributed by atoms with Crippen molar-refractivity contribution in [3.05, 3.63) is 45.1 Å². The van der Waals surface area contributed by atoms with E-state index in [1.54, 1.807) is 23.6 Å². The molecule has 4 aromatic heterocycles. The quantitative estimate of drug-likeness (QED) is 0.546. The average Bonchev–Trinajstić information content (AvgIpc) is 3.26. The van der Waals surface area contributed by atoms with Gasteiger partial charge in [-0.05, 0) is 41.1 Å². The van der Waals surface area contributed by atoms with Gasteiger partial charge in [-0.2, -0.15) is 4.98 Å². The van der Waals surface area contributed by atoms with Crippen LogP contribution in [-0.2, 0) is 0 Å². The minimum absolute atomic E-state index is 0.0624. The molecule has 0 unspecified atom stereocenters. The average molecular weight is 421 g/mol. The van der Waals surface area contributed by atoms with Gasteiger partial charge in [-0.15, -0.1) is 27.8 Å². The van der Waals surface area contributed by atoms with E-state index in [0.29, 0.717) is 10.9 Å². The number of aryl methyl sites for hydroxylation is 1. The highest BCUT2D eigenvalue weighted by molar-refractivity contribution is 9.11. The molecule has 0 atom stereocenters. The molecule has 24 heavy (non-hydrogen) atoms. The number of fused-ring (bicyclic) bond motifs is 1. The van der Waals surface area contributed by atoms with Crippen molar-refractivity contribution in [1.29, 1.82) is 0 Å². The second kappa shape index (κ2) is 6.04. The maximum atomic E-state index is 12.3. The summed E-state index contributed by atoms with van der Waals surface area (Å²) < 4.78 is 2.57. The monoisotopic (exact) mass is 420 g/mol. The van der Waals surface area contributed by atoms with E-state index in [9.17, 15) is 4.79 Å². The second-order valence-electron chi connectivity index (χ2n) is 4.83. The van der Waals surface area contributed by atoms with Gasteiger partial charge in [0.2, 0.25) is 5.82 Å². The number of carbonyl (C=O) groups excluding carboxylic acids is 1. The molecule has 4 rings (SSSR count). The van der Waals surface area contributed by atoms with E-state index in [-0.39, 0.29) is 5.82 Å². The van der Waals surface area contributed by atoms with Crippen LogP contribution in [0, 0.1) is 6.92 Å². The number of thiophene rings is 1. The summed E-state index contributed by atoms with van der Waals surface area (Å²) in [5.74, 6) is 0.0454. The Bertz CT molecular complexity index is 1050. The van der Waals surface area contributed by atoms with Crippen LogP contribution < -0.4 is 5.32 Å². The highest BCUT2D eigenvalue weighted by Gasteiger charge is 2.16. The zero-order chi connectivity index (χ0) is 16.7. The molecule has 0 aromatic carbocycles. The van der Waals surface area contributed by atoms with Crippen molar-refractivity contribution in [2.75, 3.05) is 5.32 Å². The van der Waals surface area contributed by atoms with Gasteiger partial charge < -0.3 is 0 Å². The van der Waals surface area contributed by atoms with Gasteiger partial charge in [-0.3, -0.25) is 10.1 Å². The van der Waals surface area contributed by atoms with E-state index < -0.39 is 5.91 Å². The third-order valence-corrected chi connectivity index (χ3v) is 5.59. The molecule has 0 aliphatic rings. The molecule has 10 heteroatoms. The van der Waals surface area contributed by atoms with Crippen molar-refractivity contribution in [1.82, 2.24) is 24.6 Å². The van der Waals surface area contributed by atoms with E-state index in [4.69, 9.17) is 0 Å². The van der Waals surface area contributed by atoms with Crippen molar-refractivity contribution in [3.63, 3.8) is 0 Å². The summed E-state index contributed by atoms with van der Waals surface area (Å²) in [6.45, 7) is 1.87. The molecule has 0 spiro atoms. The fraction of sp³-hybridized carbons (Fsp3) is 0.0714. The Morgan fingerprint density at radius 1 is 1.29 bits per heavy atom. The first kappa shape index (κ1) is 15.4. The number of carbonyl (C=O) groups is 1. The number of nitrogens with one attached hydrogen (secondary N) is 1. The Kier molecular flexibility index (Phi) is 3.87. The Labute approximate surface area is 152 Å². The third-order valence-electron chi connectivity index (χ3n) is 3.18. The minimum atomic E-state index is -0.409. The van der Waals surface area contributed by atoms with E-state index in [1.807, 2.05) is 24.4 Å². The first-order valence-corrected chi connectivity index (χ1v) is 9.30. The van der Waals surface area contributed by atoms with Gasteiger partial charge in [0.1, 0.15) is 0 Å². The zero-order valence-corrected chi connectivity index (χ0v) is 15.4. The molecule has 0 aliphatic heterocycles. The molecule has 120 valence electrons. The smallest absolute Gasteiger partial charge is 0.295 e. The lowest BCUT2D eigenvalue weighted by Crippen LogP contribution is -2.13. The molecule has 0 radical (unpaired) electrons. The lowest BCUT2D eigenvalue weighted by atomic mass is 10.4. The first-order chi connectivity index (χ1) is 11.6. The number of nitrogens with zero attached hydrogens (tertiary/aromatic N) is 5. The molecule has 4 heterocycles. The number of aromatic nitrogens is 5. The summed E-state index contributed by atoms with van der Waals surface area (Å²) in [6, 6.07) is 5.75. The summed E-state index contributed by atoms with van der Waals surface area (Å²) in [4.78, 5) is 26.0. The molecular weight excluding hydrogens is 412 g/mol. The lowest BCUT2D eigenvalue weighted by molar-refractivity contribution is 0.101. The number of amides is 1. The van der Waals surface area contributed by atoms with Gasteiger partial charge in [-0.1, -0.05) is 0 Å². The Hall–Kier alpha value is -2.17. The summed E-state index contributed by atoms with van der Waals surface area (Å²) in [7, 11) is 0. The van der Waals surface area contributed by atoms with Crippen LogP contribution in [0.5, 0.6) is 0 Å². The Morgan fingerprint density at radius 3 is 2.92 bits per heavy atom. The Balaban J connectivity index is 1.57. The SMILES string of the molecule is Cc1ccnc2nc(C(=O)Nc3nc(-c4ccc(Br)s4)cs3)nn12. The highest BCUT2D eigenvalue weighted by Crippen LogP contribution is 2.33. The van der Waals surface area contributed by atoms with Gasteiger partial charge >= 0.3 is 0 Å². The Morgan fingerprint density at radius 2 is 2.17 bits per heavy atom. The third kappa shape index (κ3) is 2.83. The van der Waals surface area contributed by atoms with Gasteiger partial charge in [0.05, 0.1) is 14.4 Å². The number of rotatable bonds is 3. The number of halogens is 1. The van der Waals surface area contributed by atoms with E-state index >= 15 is 0 Å². The normalized spacial score (nSPS) is 11.1. The van der Waals surface area contributed by atoms with E-state index in [0.717, 1.165) is 20.1 Å². The van der Waals surface area contributed by atoms with Crippen molar-refractivity contribution >= 4 is 55.4 Å². The zero-order valence-electron chi connectivity index (χ0n) is 12.2. The fourth-order valence-electron chi connectivity index (χ4n) is 2.05. The van der Waals surface area contributed by atoms with E-state index in [1.165, 1.54) is 15.9 Å². The van der Waals surface area contributed by atoms with Crippen LogP contribution in [0.3, 0.4) is 0 Å². The van der Waals surface area contributed by atoms with Crippen LogP contribution in [0.1, 0.15) is 16.3 Å². The van der Waals surface area contributed by atoms with Crippen LogP contribution in [0.25, 0.3) is 16.3 Å². The molecule has 0 aliphatic carbocycles. The molecular formula is C14H9BrN6OS2. The summed E-state index contributed by atoms with van der Waals surface area (Å²) in [5, 5.41) is 9.31. The minimum Gasteiger partial charge on any atom is -0.295 e. The maximum absolute atomic E-state index is 12.3. The van der Waals surface area contributed by atoms with Gasteiger partial charge in [0.15, 0.2) is 5.13 Å². The van der Waals surface area contributed by atoms with Crippen LogP contribution in [-0.4, -0.2) is 30.5 Å². The predicted molar refractivity (Wildman–Crippen MR) is 96.6 cm³/mol. The maximum Gasteiger partial charge on any atom is 0.297 e. The number of hydrogen-bond donors (Lipinski definition) is 1. The lowest BCUT2D eigenvalue weighted by Gasteiger charge is -1.96. The fourth-order valence-corrected chi connectivity index (χ4v) is 4.18. The van der Waals surface area contributed by atoms with Gasteiger partial charge in [0.25, 0.3) is 11.7 Å². The van der Waals surface area contributed by atoms with Crippen molar-refractivity contribution in [3.8, 4) is 10.6 Å². The molecule has 4 aromatic rings. The molecule has 1 N–H and O–H groups in total. The van der Waals surface area contributed by atoms with Crippen molar-refractivity contribution in [2.24, 2.45) is 0 Å². The number of thiazole rings is 1. The second-order valence-corrected chi connectivity index (χ2v) is 8.15.